The largest absolute Gasteiger partial charge is 0.481 e. The first kappa shape index (κ1) is 13.6. The molecule has 0 saturated carbocycles. The van der Waals surface area contributed by atoms with Gasteiger partial charge in [0.05, 0.1) is 5.41 Å². The van der Waals surface area contributed by atoms with Gasteiger partial charge in [-0.05, 0) is 20.3 Å². The van der Waals surface area contributed by atoms with Crippen LogP contribution >= 0.6 is 0 Å². The van der Waals surface area contributed by atoms with Crippen LogP contribution in [-0.2, 0) is 14.3 Å². The first-order chi connectivity index (χ1) is 6.81. The Morgan fingerprint density at radius 1 is 1.47 bits per heavy atom. The number of carboxylic acid groups (broad SMARTS) is 1. The first-order valence-corrected chi connectivity index (χ1v) is 4.59. The molecule has 0 aliphatic carbocycles. The number of hydrogen-bond acceptors (Lipinski definition) is 4. The van der Waals surface area contributed by atoms with Crippen molar-refractivity contribution in [2.45, 2.75) is 20.3 Å². The predicted octanol–water partition coefficient (Wildman–Crippen LogP) is 0.545. The SMILES string of the molecule is C=C(CC(C)(C)C(=O)O)C(=O)OCCN. The summed E-state index contributed by atoms with van der Waals surface area (Å²) < 4.78 is 4.72. The Kier molecular flexibility index (Phi) is 5.00. The van der Waals surface area contributed by atoms with E-state index >= 15 is 0 Å². The summed E-state index contributed by atoms with van der Waals surface area (Å²) >= 11 is 0. The van der Waals surface area contributed by atoms with Crippen LogP contribution in [0.4, 0.5) is 0 Å². The Morgan fingerprint density at radius 2 is 2.00 bits per heavy atom. The molecular weight excluding hydrogens is 198 g/mol. The zero-order valence-electron chi connectivity index (χ0n) is 9.08. The number of aliphatic carboxylic acids is 1. The Labute approximate surface area is 88.9 Å². The van der Waals surface area contributed by atoms with Crippen molar-refractivity contribution in [1.82, 2.24) is 0 Å². The number of esters is 1. The van der Waals surface area contributed by atoms with E-state index < -0.39 is 17.4 Å². The van der Waals surface area contributed by atoms with Crippen molar-refractivity contribution in [1.29, 1.82) is 0 Å². The Hall–Kier alpha value is -1.36. The third-order valence-corrected chi connectivity index (χ3v) is 1.87. The molecule has 0 saturated heterocycles. The number of carbonyl (C=O) groups excluding carboxylic acids is 1. The maximum absolute atomic E-state index is 11.2. The van der Waals surface area contributed by atoms with Crippen LogP contribution < -0.4 is 5.73 Å². The molecule has 0 unspecified atom stereocenters. The molecule has 5 heteroatoms. The lowest BCUT2D eigenvalue weighted by Gasteiger charge is -2.19. The summed E-state index contributed by atoms with van der Waals surface area (Å²) in [5.41, 5.74) is 4.29. The van der Waals surface area contributed by atoms with Crippen LogP contribution in [0.25, 0.3) is 0 Å². The van der Waals surface area contributed by atoms with Gasteiger partial charge in [-0.1, -0.05) is 6.58 Å². The molecule has 0 bridgehead atoms. The Bertz CT molecular complexity index is 271. The van der Waals surface area contributed by atoms with Gasteiger partial charge in [-0.2, -0.15) is 0 Å². The standard InChI is InChI=1S/C10H17NO4/c1-7(8(12)15-5-4-11)6-10(2,3)9(13)14/h1,4-6,11H2,2-3H3,(H,13,14). The van der Waals surface area contributed by atoms with Gasteiger partial charge in [-0.15, -0.1) is 0 Å². The Balaban J connectivity index is 4.25. The number of nitrogens with two attached hydrogens (primary N) is 1. The molecule has 0 aromatic heterocycles. The van der Waals surface area contributed by atoms with Crippen molar-refractivity contribution >= 4 is 11.9 Å². The van der Waals surface area contributed by atoms with Gasteiger partial charge in [0.1, 0.15) is 6.61 Å². The molecule has 15 heavy (non-hydrogen) atoms. The van der Waals surface area contributed by atoms with Gasteiger partial charge < -0.3 is 15.6 Å². The van der Waals surface area contributed by atoms with Crippen LogP contribution in [0.3, 0.4) is 0 Å². The monoisotopic (exact) mass is 215 g/mol. The maximum Gasteiger partial charge on any atom is 0.333 e. The van der Waals surface area contributed by atoms with Crippen molar-refractivity contribution in [2.75, 3.05) is 13.2 Å². The second-order valence-electron chi connectivity index (χ2n) is 3.89. The first-order valence-electron chi connectivity index (χ1n) is 4.59. The van der Waals surface area contributed by atoms with E-state index in [1.807, 2.05) is 0 Å². The summed E-state index contributed by atoms with van der Waals surface area (Å²) in [6.07, 6.45) is 0.0612. The molecule has 0 aliphatic rings. The molecule has 86 valence electrons. The summed E-state index contributed by atoms with van der Waals surface area (Å²) in [6, 6.07) is 0. The molecule has 0 amide bonds. The third-order valence-electron chi connectivity index (χ3n) is 1.87. The molecule has 0 heterocycles. The lowest BCUT2D eigenvalue weighted by Crippen LogP contribution is -2.26. The van der Waals surface area contributed by atoms with E-state index in [-0.39, 0.29) is 25.1 Å². The second-order valence-corrected chi connectivity index (χ2v) is 3.89. The average Bonchev–Trinajstić information content (AvgIpc) is 2.13. The van der Waals surface area contributed by atoms with Gasteiger partial charge >= 0.3 is 11.9 Å². The summed E-state index contributed by atoms with van der Waals surface area (Å²) in [5.74, 6) is -1.56. The molecule has 0 radical (unpaired) electrons. The Morgan fingerprint density at radius 3 is 2.40 bits per heavy atom. The molecule has 0 aromatic rings. The van der Waals surface area contributed by atoms with Crippen LogP contribution in [-0.4, -0.2) is 30.2 Å². The van der Waals surface area contributed by atoms with Crippen LogP contribution in [0.2, 0.25) is 0 Å². The zero-order chi connectivity index (χ0) is 12.1. The lowest BCUT2D eigenvalue weighted by atomic mass is 9.86. The van der Waals surface area contributed by atoms with E-state index in [0.29, 0.717) is 0 Å². The fraction of sp³-hybridized carbons (Fsp3) is 0.600. The summed E-state index contributed by atoms with van der Waals surface area (Å²) in [5, 5.41) is 8.83. The predicted molar refractivity (Wildman–Crippen MR) is 55.2 cm³/mol. The van der Waals surface area contributed by atoms with Crippen LogP contribution in [0.5, 0.6) is 0 Å². The third kappa shape index (κ3) is 4.60. The van der Waals surface area contributed by atoms with Crippen molar-refractivity contribution < 1.29 is 19.4 Å². The number of carbonyl (C=O) groups is 2. The average molecular weight is 215 g/mol. The highest BCUT2D eigenvalue weighted by molar-refractivity contribution is 5.89. The minimum Gasteiger partial charge on any atom is -0.481 e. The molecule has 0 rings (SSSR count). The highest BCUT2D eigenvalue weighted by Gasteiger charge is 2.29. The van der Waals surface area contributed by atoms with Crippen molar-refractivity contribution in [3.8, 4) is 0 Å². The van der Waals surface area contributed by atoms with Gasteiger partial charge in [0.15, 0.2) is 0 Å². The molecule has 0 aliphatic heterocycles. The number of carboxylic acids is 1. The smallest absolute Gasteiger partial charge is 0.333 e. The second kappa shape index (κ2) is 5.50. The quantitative estimate of drug-likeness (QED) is 0.498. The van der Waals surface area contributed by atoms with E-state index in [2.05, 4.69) is 6.58 Å². The topological polar surface area (TPSA) is 89.6 Å². The van der Waals surface area contributed by atoms with E-state index in [9.17, 15) is 9.59 Å². The molecular formula is C10H17NO4. The number of hydrogen-bond donors (Lipinski definition) is 2. The lowest BCUT2D eigenvalue weighted by molar-refractivity contribution is -0.147. The van der Waals surface area contributed by atoms with E-state index in [1.165, 1.54) is 13.8 Å². The summed E-state index contributed by atoms with van der Waals surface area (Å²) in [7, 11) is 0. The molecule has 3 N–H and O–H groups in total. The highest BCUT2D eigenvalue weighted by Crippen LogP contribution is 2.25. The minimum absolute atomic E-state index is 0.0612. The molecule has 5 nitrogen and oxygen atoms in total. The highest BCUT2D eigenvalue weighted by atomic mass is 16.5. The van der Waals surface area contributed by atoms with Crippen molar-refractivity contribution in [3.63, 3.8) is 0 Å². The van der Waals surface area contributed by atoms with Crippen LogP contribution in [0.1, 0.15) is 20.3 Å². The maximum atomic E-state index is 11.2. The van der Waals surface area contributed by atoms with Crippen LogP contribution in [0.15, 0.2) is 12.2 Å². The molecule has 0 atom stereocenters. The van der Waals surface area contributed by atoms with E-state index in [1.54, 1.807) is 0 Å². The van der Waals surface area contributed by atoms with Gasteiger partial charge in [-0.3, -0.25) is 4.79 Å². The van der Waals surface area contributed by atoms with Gasteiger partial charge in [-0.25, -0.2) is 4.79 Å². The fourth-order valence-corrected chi connectivity index (χ4v) is 0.935. The van der Waals surface area contributed by atoms with E-state index in [4.69, 9.17) is 15.6 Å². The summed E-state index contributed by atoms with van der Waals surface area (Å²) in [4.78, 5) is 22.0. The minimum atomic E-state index is -1.02. The fourth-order valence-electron chi connectivity index (χ4n) is 0.935. The van der Waals surface area contributed by atoms with Gasteiger partial charge in [0.25, 0.3) is 0 Å². The number of ether oxygens (including phenoxy) is 1. The molecule has 0 spiro atoms. The van der Waals surface area contributed by atoms with Crippen molar-refractivity contribution in [2.24, 2.45) is 11.1 Å². The zero-order valence-corrected chi connectivity index (χ0v) is 9.08. The molecule has 0 aromatic carbocycles. The normalized spacial score (nSPS) is 10.9. The van der Waals surface area contributed by atoms with Crippen LogP contribution in [0, 0.1) is 5.41 Å². The van der Waals surface area contributed by atoms with Crippen molar-refractivity contribution in [3.05, 3.63) is 12.2 Å². The van der Waals surface area contributed by atoms with Gasteiger partial charge in [0, 0.05) is 12.1 Å². The number of rotatable bonds is 6. The van der Waals surface area contributed by atoms with Gasteiger partial charge in [0.2, 0.25) is 0 Å². The summed E-state index contributed by atoms with van der Waals surface area (Å²) in [6.45, 7) is 6.90. The van der Waals surface area contributed by atoms with E-state index in [0.717, 1.165) is 0 Å². The molecule has 0 fully saturated rings.